The molecule has 0 aliphatic heterocycles. The quantitative estimate of drug-likeness (QED) is 0.310. The van der Waals surface area contributed by atoms with Crippen molar-refractivity contribution >= 4 is 22.6 Å². The van der Waals surface area contributed by atoms with Crippen molar-refractivity contribution in [1.82, 2.24) is 15.0 Å². The Bertz CT molecular complexity index is 1360. The van der Waals surface area contributed by atoms with Crippen molar-refractivity contribution in [3.8, 4) is 11.4 Å². The molecule has 0 atom stereocenters. The minimum absolute atomic E-state index is 0.0797. The van der Waals surface area contributed by atoms with Crippen LogP contribution in [-0.4, -0.2) is 26.0 Å². The Labute approximate surface area is 228 Å². The van der Waals surface area contributed by atoms with Crippen LogP contribution in [0.25, 0.3) is 16.7 Å². The number of phenolic OH excluding ortho intramolecular Hbond substituents is 1. The molecule has 0 unspecified atom stereocenters. The molecule has 1 aromatic heterocycles. The zero-order valence-corrected chi connectivity index (χ0v) is 25.2. The molecule has 6 heteroatoms. The van der Waals surface area contributed by atoms with Gasteiger partial charge in [0.25, 0.3) is 5.91 Å². The molecular formula is C32H46N4O2. The van der Waals surface area contributed by atoms with E-state index in [1.54, 1.807) is 19.1 Å². The minimum atomic E-state index is -0.280. The molecule has 2 aromatic carbocycles. The highest BCUT2D eigenvalue weighted by molar-refractivity contribution is 6.03. The summed E-state index contributed by atoms with van der Waals surface area (Å²) in [6.07, 6.45) is 1.88. The van der Waals surface area contributed by atoms with Gasteiger partial charge in [0.15, 0.2) is 0 Å². The molecule has 2 N–H and O–H groups in total. The third kappa shape index (κ3) is 6.83. The second-order valence-corrected chi connectivity index (χ2v) is 14.6. The number of carbonyl (C=O) groups excluding carboxylic acids is 1. The van der Waals surface area contributed by atoms with Crippen molar-refractivity contribution in [2.24, 2.45) is 10.8 Å². The van der Waals surface area contributed by atoms with Gasteiger partial charge in [0.05, 0.1) is 0 Å². The second kappa shape index (κ2) is 9.87. The summed E-state index contributed by atoms with van der Waals surface area (Å²) in [5.74, 6) is -0.0421. The summed E-state index contributed by atoms with van der Waals surface area (Å²) in [7, 11) is 0. The molecule has 38 heavy (non-hydrogen) atoms. The van der Waals surface area contributed by atoms with E-state index in [-0.39, 0.29) is 33.3 Å². The Kier molecular flexibility index (Phi) is 7.63. The van der Waals surface area contributed by atoms with Crippen molar-refractivity contribution in [1.29, 1.82) is 0 Å². The summed E-state index contributed by atoms with van der Waals surface area (Å²) < 4.78 is 0. The first-order valence-electron chi connectivity index (χ1n) is 13.4. The van der Waals surface area contributed by atoms with Crippen LogP contribution in [0.4, 0.5) is 5.69 Å². The van der Waals surface area contributed by atoms with Gasteiger partial charge in [-0.05, 0) is 71.3 Å². The van der Waals surface area contributed by atoms with E-state index in [9.17, 15) is 9.90 Å². The zero-order chi connectivity index (χ0) is 28.8. The molecule has 1 heterocycles. The molecular weight excluding hydrogens is 472 g/mol. The van der Waals surface area contributed by atoms with Crippen LogP contribution in [-0.2, 0) is 15.6 Å². The van der Waals surface area contributed by atoms with Gasteiger partial charge < -0.3 is 10.4 Å². The van der Waals surface area contributed by atoms with Crippen molar-refractivity contribution in [3.63, 3.8) is 0 Å². The lowest BCUT2D eigenvalue weighted by Crippen LogP contribution is -2.28. The van der Waals surface area contributed by atoms with E-state index in [4.69, 9.17) is 10.2 Å². The topological polar surface area (TPSA) is 80.0 Å². The summed E-state index contributed by atoms with van der Waals surface area (Å²) in [5, 5.41) is 24.0. The number of amides is 1. The van der Waals surface area contributed by atoms with Crippen molar-refractivity contribution in [2.45, 2.75) is 99.8 Å². The van der Waals surface area contributed by atoms with Crippen LogP contribution in [0.2, 0.25) is 0 Å². The largest absolute Gasteiger partial charge is 0.505 e. The molecule has 0 bridgehead atoms. The van der Waals surface area contributed by atoms with Gasteiger partial charge in [0.2, 0.25) is 0 Å². The van der Waals surface area contributed by atoms with Crippen LogP contribution in [0.15, 0.2) is 42.5 Å². The zero-order valence-electron chi connectivity index (χ0n) is 25.2. The normalized spacial score (nSPS) is 13.1. The number of benzene rings is 2. The third-order valence-electron chi connectivity index (χ3n) is 6.79. The van der Waals surface area contributed by atoms with Gasteiger partial charge >= 0.3 is 0 Å². The number of fused-ring (bicyclic) bond motifs is 1. The molecule has 0 saturated carbocycles. The molecule has 0 radical (unpaired) electrons. The van der Waals surface area contributed by atoms with Gasteiger partial charge in [-0.3, -0.25) is 4.79 Å². The molecule has 1 amide bonds. The monoisotopic (exact) mass is 518 g/mol. The van der Waals surface area contributed by atoms with Crippen LogP contribution in [0.5, 0.6) is 5.75 Å². The molecule has 6 nitrogen and oxygen atoms in total. The Hall–Kier alpha value is -3.15. The first-order chi connectivity index (χ1) is 17.2. The Morgan fingerprint density at radius 3 is 1.97 bits per heavy atom. The van der Waals surface area contributed by atoms with Gasteiger partial charge in [-0.25, -0.2) is 0 Å². The van der Waals surface area contributed by atoms with Gasteiger partial charge in [0.1, 0.15) is 22.5 Å². The predicted octanol–water partition coefficient (Wildman–Crippen LogP) is 8.07. The minimum Gasteiger partial charge on any atom is -0.505 e. The predicted molar refractivity (Wildman–Crippen MR) is 158 cm³/mol. The van der Waals surface area contributed by atoms with Crippen LogP contribution < -0.4 is 5.32 Å². The number of nitrogens with zero attached hydrogens (tertiary/aromatic N) is 3. The maximum atomic E-state index is 12.1. The number of rotatable bonds is 7. The van der Waals surface area contributed by atoms with E-state index in [0.29, 0.717) is 28.0 Å². The molecule has 3 rings (SSSR count). The maximum Gasteiger partial charge on any atom is 0.250 e. The smallest absolute Gasteiger partial charge is 0.250 e. The van der Waals surface area contributed by atoms with Gasteiger partial charge in [0, 0.05) is 16.8 Å². The number of nitrogens with one attached hydrogen (secondary N) is 1. The lowest BCUT2D eigenvalue weighted by molar-refractivity contribution is -0.112. The first kappa shape index (κ1) is 29.4. The lowest BCUT2D eigenvalue weighted by Gasteiger charge is -2.37. The highest BCUT2D eigenvalue weighted by atomic mass is 16.3. The summed E-state index contributed by atoms with van der Waals surface area (Å²) in [6, 6.07) is 9.62. The van der Waals surface area contributed by atoms with E-state index in [0.717, 1.165) is 24.0 Å². The highest BCUT2D eigenvalue weighted by Crippen LogP contribution is 2.46. The van der Waals surface area contributed by atoms with Crippen molar-refractivity contribution in [2.75, 3.05) is 5.32 Å². The van der Waals surface area contributed by atoms with Crippen LogP contribution >= 0.6 is 0 Å². The number of hydrogen-bond donors (Lipinski definition) is 2. The summed E-state index contributed by atoms with van der Waals surface area (Å²) in [5.41, 5.74) is 4.74. The third-order valence-corrected chi connectivity index (χ3v) is 6.79. The average molecular weight is 519 g/mol. The first-order valence-corrected chi connectivity index (χ1v) is 13.4. The number of hydrogen-bond acceptors (Lipinski definition) is 4. The highest BCUT2D eigenvalue weighted by Gasteiger charge is 2.35. The standard InChI is InChI=1S/C32H46N4O2/c1-20(2)28(38)33-22-13-14-24-25(17-22)35-36(34-24)26-16-21(31(9,10)18-29(3,4)5)15-23(27(26)37)32(11,12)19-30(6,7)8/h13-17,37H,1,18-19H2,2-12H3,(H,33,38). The van der Waals surface area contributed by atoms with Crippen molar-refractivity contribution in [3.05, 3.63) is 53.6 Å². The number of aromatic hydroxyl groups is 1. The van der Waals surface area contributed by atoms with Gasteiger partial charge in [-0.2, -0.15) is 0 Å². The fourth-order valence-electron chi connectivity index (χ4n) is 5.87. The van der Waals surface area contributed by atoms with E-state index in [2.05, 4.69) is 87.2 Å². The molecule has 206 valence electrons. The van der Waals surface area contributed by atoms with E-state index >= 15 is 0 Å². The molecule has 0 aliphatic rings. The van der Waals surface area contributed by atoms with E-state index < -0.39 is 0 Å². The van der Waals surface area contributed by atoms with Crippen molar-refractivity contribution < 1.29 is 9.90 Å². The molecule has 0 saturated heterocycles. The number of carbonyl (C=O) groups is 1. The molecule has 3 aromatic rings. The van der Waals surface area contributed by atoms with Crippen LogP contribution in [0.1, 0.15) is 100 Å². The summed E-state index contributed by atoms with van der Waals surface area (Å²) in [6.45, 7) is 27.7. The molecule has 0 spiro atoms. The molecule has 0 aliphatic carbocycles. The fraction of sp³-hybridized carbons (Fsp3) is 0.531. The Balaban J connectivity index is 2.21. The lowest BCUT2D eigenvalue weighted by atomic mass is 9.68. The number of aromatic nitrogens is 3. The average Bonchev–Trinajstić information content (AvgIpc) is 3.13. The fourth-order valence-corrected chi connectivity index (χ4v) is 5.87. The maximum absolute atomic E-state index is 12.1. The van der Waals surface area contributed by atoms with Gasteiger partial charge in [-0.15, -0.1) is 15.0 Å². The summed E-state index contributed by atoms with van der Waals surface area (Å²) in [4.78, 5) is 13.6. The SMILES string of the molecule is C=C(C)C(=O)Nc1ccc2nn(-c3cc(C(C)(C)CC(C)(C)C)cc(C(C)(C)CC(C)(C)C)c3O)nc2c1. The Morgan fingerprint density at radius 2 is 1.42 bits per heavy atom. The van der Waals surface area contributed by atoms with Crippen LogP contribution in [0, 0.1) is 10.8 Å². The van der Waals surface area contributed by atoms with Gasteiger partial charge in [-0.1, -0.05) is 81.9 Å². The number of phenols is 1. The second-order valence-electron chi connectivity index (χ2n) is 14.6. The van der Waals surface area contributed by atoms with E-state index in [1.807, 2.05) is 12.1 Å². The van der Waals surface area contributed by atoms with Crippen LogP contribution in [0.3, 0.4) is 0 Å². The van der Waals surface area contributed by atoms with E-state index in [1.165, 1.54) is 4.80 Å². The molecule has 0 fully saturated rings. The summed E-state index contributed by atoms with van der Waals surface area (Å²) >= 11 is 0. The number of anilines is 1. The Morgan fingerprint density at radius 1 is 0.868 bits per heavy atom.